The van der Waals surface area contributed by atoms with Crippen LogP contribution < -0.4 is 0 Å². The first-order valence-corrected chi connectivity index (χ1v) is 13.8. The third-order valence-corrected chi connectivity index (χ3v) is 8.51. The summed E-state index contributed by atoms with van der Waals surface area (Å²) >= 11 is 0. The topological polar surface area (TPSA) is 0 Å². The SMILES string of the molecule is Cc1ccc(C(C)(C)c2ccc(C)c(C(C)c3ccc(C(C)(C)C)cc3)c2)cc1C(C)c1ccccc1. The van der Waals surface area contributed by atoms with E-state index in [1.807, 2.05) is 0 Å². The van der Waals surface area contributed by atoms with Crippen LogP contribution in [0.3, 0.4) is 0 Å². The second-order valence-corrected chi connectivity index (χ2v) is 12.5. The Hall–Kier alpha value is -3.12. The summed E-state index contributed by atoms with van der Waals surface area (Å²) in [6.45, 7) is 20.7. The van der Waals surface area contributed by atoms with Crippen LogP contribution in [0, 0.1) is 13.8 Å². The average molecular weight is 489 g/mol. The summed E-state index contributed by atoms with van der Waals surface area (Å²) in [4.78, 5) is 0. The summed E-state index contributed by atoms with van der Waals surface area (Å²) in [5, 5.41) is 0. The van der Waals surface area contributed by atoms with E-state index >= 15 is 0 Å². The third-order valence-electron chi connectivity index (χ3n) is 8.51. The second kappa shape index (κ2) is 10.3. The molecule has 0 aliphatic rings. The number of benzene rings is 4. The molecule has 4 aromatic carbocycles. The fraction of sp³-hybridized carbons (Fsp3) is 0.351. The molecule has 0 nitrogen and oxygen atoms in total. The van der Waals surface area contributed by atoms with Gasteiger partial charge >= 0.3 is 0 Å². The molecule has 0 heterocycles. The van der Waals surface area contributed by atoms with Gasteiger partial charge in [0.25, 0.3) is 0 Å². The number of hydrogen-bond acceptors (Lipinski definition) is 0. The molecular weight excluding hydrogens is 444 g/mol. The molecule has 0 amide bonds. The van der Waals surface area contributed by atoms with E-state index in [-0.39, 0.29) is 10.8 Å². The van der Waals surface area contributed by atoms with Crippen molar-refractivity contribution < 1.29 is 0 Å². The predicted molar refractivity (Wildman–Crippen MR) is 161 cm³/mol. The quantitative estimate of drug-likeness (QED) is 0.253. The van der Waals surface area contributed by atoms with Crippen LogP contribution in [0.15, 0.2) is 91.0 Å². The van der Waals surface area contributed by atoms with Gasteiger partial charge in [-0.05, 0) is 69.3 Å². The van der Waals surface area contributed by atoms with E-state index < -0.39 is 0 Å². The highest BCUT2D eigenvalue weighted by atomic mass is 14.3. The summed E-state index contributed by atoms with van der Waals surface area (Å²) in [5.41, 5.74) is 12.5. The molecule has 0 saturated carbocycles. The lowest BCUT2D eigenvalue weighted by Gasteiger charge is -2.30. The van der Waals surface area contributed by atoms with Crippen LogP contribution in [-0.2, 0) is 10.8 Å². The van der Waals surface area contributed by atoms with Crippen molar-refractivity contribution in [3.63, 3.8) is 0 Å². The van der Waals surface area contributed by atoms with E-state index in [1.165, 1.54) is 50.1 Å². The van der Waals surface area contributed by atoms with Gasteiger partial charge in [-0.1, -0.05) is 139 Å². The van der Waals surface area contributed by atoms with E-state index in [2.05, 4.69) is 153 Å². The molecule has 0 bridgehead atoms. The average Bonchev–Trinajstić information content (AvgIpc) is 2.88. The van der Waals surface area contributed by atoms with Gasteiger partial charge in [0, 0.05) is 17.3 Å². The lowest BCUT2D eigenvalue weighted by molar-refractivity contribution is 0.590. The smallest absolute Gasteiger partial charge is 0.0146 e. The van der Waals surface area contributed by atoms with Gasteiger partial charge in [-0.25, -0.2) is 0 Å². The Morgan fingerprint density at radius 2 is 0.892 bits per heavy atom. The molecule has 4 aromatic rings. The standard InChI is InChI=1S/C37H44/c1-25-15-19-32(23-34(25)27(3)29-13-11-10-12-14-29)37(8,9)33-20-16-26(2)35(24-33)28(4)30-17-21-31(22-18-30)36(5,6)7/h10-24,27-28H,1-9H3. The second-order valence-electron chi connectivity index (χ2n) is 12.5. The molecule has 192 valence electrons. The van der Waals surface area contributed by atoms with Gasteiger partial charge in [0.1, 0.15) is 0 Å². The number of aryl methyl sites for hydroxylation is 2. The zero-order chi connectivity index (χ0) is 27.0. The monoisotopic (exact) mass is 488 g/mol. The molecule has 0 fully saturated rings. The molecule has 0 aliphatic carbocycles. The first kappa shape index (κ1) is 26.9. The Morgan fingerprint density at radius 1 is 0.486 bits per heavy atom. The van der Waals surface area contributed by atoms with Crippen LogP contribution in [0.25, 0.3) is 0 Å². The predicted octanol–water partition coefficient (Wildman–Crippen LogP) is 10.2. The molecule has 0 aromatic heterocycles. The normalized spacial score (nSPS) is 13.9. The van der Waals surface area contributed by atoms with Gasteiger partial charge in [-0.2, -0.15) is 0 Å². The maximum absolute atomic E-state index is 2.46. The van der Waals surface area contributed by atoms with Crippen molar-refractivity contribution in [2.75, 3.05) is 0 Å². The van der Waals surface area contributed by atoms with Crippen LogP contribution >= 0.6 is 0 Å². The Morgan fingerprint density at radius 3 is 1.32 bits per heavy atom. The molecule has 0 heteroatoms. The van der Waals surface area contributed by atoms with E-state index in [0.29, 0.717) is 11.8 Å². The third kappa shape index (κ3) is 5.59. The van der Waals surface area contributed by atoms with Crippen LogP contribution in [0.1, 0.15) is 110 Å². The van der Waals surface area contributed by atoms with Gasteiger partial charge in [0.05, 0.1) is 0 Å². The first-order valence-electron chi connectivity index (χ1n) is 13.8. The Kier molecular flexibility index (Phi) is 7.52. The maximum atomic E-state index is 2.46. The van der Waals surface area contributed by atoms with Gasteiger partial charge < -0.3 is 0 Å². The van der Waals surface area contributed by atoms with Crippen LogP contribution in [0.2, 0.25) is 0 Å². The summed E-state index contributed by atoms with van der Waals surface area (Å²) in [5.74, 6) is 0.707. The van der Waals surface area contributed by atoms with Gasteiger partial charge in [-0.15, -0.1) is 0 Å². The fourth-order valence-corrected chi connectivity index (χ4v) is 5.53. The minimum atomic E-state index is -0.100. The number of hydrogen-bond donors (Lipinski definition) is 0. The highest BCUT2D eigenvalue weighted by molar-refractivity contribution is 5.48. The molecule has 2 atom stereocenters. The highest BCUT2D eigenvalue weighted by Crippen LogP contribution is 2.38. The Balaban J connectivity index is 1.69. The Bertz CT molecular complexity index is 1350. The van der Waals surface area contributed by atoms with Crippen LogP contribution in [0.5, 0.6) is 0 Å². The summed E-state index contributed by atoms with van der Waals surface area (Å²) in [6, 6.07) is 34.3. The fourth-order valence-electron chi connectivity index (χ4n) is 5.53. The van der Waals surface area contributed by atoms with Crippen molar-refractivity contribution in [1.29, 1.82) is 0 Å². The van der Waals surface area contributed by atoms with Crippen molar-refractivity contribution in [2.45, 2.75) is 85.0 Å². The highest BCUT2D eigenvalue weighted by Gasteiger charge is 2.26. The molecule has 0 saturated heterocycles. The molecule has 0 N–H and O–H groups in total. The van der Waals surface area contributed by atoms with Gasteiger partial charge in [0.15, 0.2) is 0 Å². The van der Waals surface area contributed by atoms with E-state index in [0.717, 1.165) is 0 Å². The van der Waals surface area contributed by atoms with Gasteiger partial charge in [0.2, 0.25) is 0 Å². The van der Waals surface area contributed by atoms with Gasteiger partial charge in [-0.3, -0.25) is 0 Å². The molecule has 0 radical (unpaired) electrons. The summed E-state index contributed by atoms with van der Waals surface area (Å²) < 4.78 is 0. The molecule has 37 heavy (non-hydrogen) atoms. The van der Waals surface area contributed by atoms with Crippen molar-refractivity contribution in [3.05, 3.63) is 141 Å². The minimum Gasteiger partial charge on any atom is -0.0622 e. The summed E-state index contributed by atoms with van der Waals surface area (Å²) in [7, 11) is 0. The van der Waals surface area contributed by atoms with Crippen molar-refractivity contribution >= 4 is 0 Å². The lowest BCUT2D eigenvalue weighted by atomic mass is 9.74. The van der Waals surface area contributed by atoms with Crippen molar-refractivity contribution in [1.82, 2.24) is 0 Å². The molecule has 2 unspecified atom stereocenters. The van der Waals surface area contributed by atoms with E-state index in [4.69, 9.17) is 0 Å². The zero-order valence-corrected chi connectivity index (χ0v) is 24.3. The minimum absolute atomic E-state index is 0.100. The maximum Gasteiger partial charge on any atom is 0.0146 e. The van der Waals surface area contributed by atoms with Crippen LogP contribution in [0.4, 0.5) is 0 Å². The molecular formula is C37H44. The van der Waals surface area contributed by atoms with E-state index in [9.17, 15) is 0 Å². The van der Waals surface area contributed by atoms with Crippen LogP contribution in [-0.4, -0.2) is 0 Å². The van der Waals surface area contributed by atoms with Crippen molar-refractivity contribution in [2.24, 2.45) is 0 Å². The molecule has 4 rings (SSSR count). The van der Waals surface area contributed by atoms with E-state index in [1.54, 1.807) is 0 Å². The number of rotatable bonds is 6. The van der Waals surface area contributed by atoms with Crippen molar-refractivity contribution in [3.8, 4) is 0 Å². The molecule has 0 spiro atoms. The molecule has 0 aliphatic heterocycles. The lowest BCUT2D eigenvalue weighted by Crippen LogP contribution is -2.20. The Labute approximate surface area is 225 Å². The largest absolute Gasteiger partial charge is 0.0622 e. The zero-order valence-electron chi connectivity index (χ0n) is 24.3. The first-order chi connectivity index (χ1) is 17.4. The summed E-state index contributed by atoms with van der Waals surface area (Å²) in [6.07, 6.45) is 0.